The zero-order valence-electron chi connectivity index (χ0n) is 9.98. The number of carbonyl (C=O) groups is 1. The molecule has 0 amide bonds. The van der Waals surface area contributed by atoms with Gasteiger partial charge in [-0.25, -0.2) is 9.78 Å². The normalized spacial score (nSPS) is 10.2. The van der Waals surface area contributed by atoms with Gasteiger partial charge in [0.25, 0.3) is 0 Å². The highest BCUT2D eigenvalue weighted by Gasteiger charge is 2.14. The molecule has 0 saturated carbocycles. The van der Waals surface area contributed by atoms with Gasteiger partial charge in [-0.15, -0.1) is 0 Å². The zero-order valence-corrected chi connectivity index (χ0v) is 10.7. The molecule has 0 unspecified atom stereocenters. The lowest BCUT2D eigenvalue weighted by Crippen LogP contribution is -2.05. The fraction of sp³-hybridized carbons (Fsp3) is 0.154. The van der Waals surface area contributed by atoms with Gasteiger partial charge in [-0.2, -0.15) is 0 Å². The van der Waals surface area contributed by atoms with E-state index >= 15 is 0 Å². The third-order valence-corrected chi connectivity index (χ3v) is 2.69. The number of rotatable bonds is 2. The monoisotopic (exact) mass is 262 g/mol. The molecule has 0 aliphatic carbocycles. The van der Waals surface area contributed by atoms with Gasteiger partial charge in [0.2, 0.25) is 0 Å². The summed E-state index contributed by atoms with van der Waals surface area (Å²) in [5.74, 6) is -0.426. The summed E-state index contributed by atoms with van der Waals surface area (Å²) in [5, 5.41) is 0.373. The van der Waals surface area contributed by atoms with Crippen molar-refractivity contribution in [3.8, 4) is 11.1 Å². The van der Waals surface area contributed by atoms with Crippen LogP contribution in [-0.2, 0) is 4.74 Å². The summed E-state index contributed by atoms with van der Waals surface area (Å²) in [7, 11) is 1.34. The molecule has 0 bridgehead atoms. The predicted molar refractivity (Wildman–Crippen MR) is 68.6 cm³/mol. The second-order valence-corrected chi connectivity index (χ2v) is 4.12. The number of aromatic nitrogens is 2. The van der Waals surface area contributed by atoms with E-state index < -0.39 is 5.97 Å². The quantitative estimate of drug-likeness (QED) is 0.617. The molecule has 0 N–H and O–H groups in total. The number of hydrogen-bond donors (Lipinski definition) is 0. The van der Waals surface area contributed by atoms with Gasteiger partial charge in [-0.3, -0.25) is 4.98 Å². The van der Waals surface area contributed by atoms with Gasteiger partial charge in [-0.05, 0) is 36.2 Å². The van der Waals surface area contributed by atoms with E-state index in [0.717, 1.165) is 16.8 Å². The maximum absolute atomic E-state index is 11.7. The molecule has 2 rings (SSSR count). The van der Waals surface area contributed by atoms with Crippen molar-refractivity contribution in [2.75, 3.05) is 7.11 Å². The summed E-state index contributed by atoms with van der Waals surface area (Å²) in [6, 6.07) is 5.30. The molecule has 0 aliphatic heterocycles. The van der Waals surface area contributed by atoms with Crippen LogP contribution in [0.1, 0.15) is 16.1 Å². The molecule has 2 aromatic heterocycles. The molecule has 18 heavy (non-hydrogen) atoms. The minimum absolute atomic E-state index is 0.373. The molecule has 4 nitrogen and oxygen atoms in total. The third kappa shape index (κ3) is 2.49. The number of hydrogen-bond acceptors (Lipinski definition) is 4. The molecule has 0 saturated heterocycles. The second kappa shape index (κ2) is 5.14. The predicted octanol–water partition coefficient (Wildman–Crippen LogP) is 2.89. The fourth-order valence-electron chi connectivity index (χ4n) is 1.64. The highest BCUT2D eigenvalue weighted by Crippen LogP contribution is 2.25. The maximum atomic E-state index is 11.7. The number of pyridine rings is 2. The van der Waals surface area contributed by atoms with Gasteiger partial charge < -0.3 is 4.74 Å². The number of nitrogens with zero attached hydrogens (tertiary/aromatic N) is 2. The molecule has 5 heteroatoms. The fourth-order valence-corrected chi connectivity index (χ4v) is 1.82. The summed E-state index contributed by atoms with van der Waals surface area (Å²) in [6.07, 6.45) is 3.10. The van der Waals surface area contributed by atoms with Crippen LogP contribution in [0.2, 0.25) is 5.15 Å². The molecule has 92 valence electrons. The Labute approximate surface area is 110 Å². The Morgan fingerprint density at radius 1 is 1.33 bits per heavy atom. The van der Waals surface area contributed by atoms with Gasteiger partial charge in [-0.1, -0.05) is 11.6 Å². The highest BCUT2D eigenvalue weighted by molar-refractivity contribution is 6.29. The molecular formula is C13H11ClN2O2. The number of ether oxygens (including phenoxy) is 1. The molecule has 0 spiro atoms. The van der Waals surface area contributed by atoms with Crippen LogP contribution in [0.4, 0.5) is 0 Å². The van der Waals surface area contributed by atoms with E-state index in [4.69, 9.17) is 16.3 Å². The van der Waals surface area contributed by atoms with E-state index in [1.165, 1.54) is 13.3 Å². The standard InChI is InChI=1S/C13H11ClN2O2/c1-8-5-10(9-3-4-15-12(14)6-9)11(7-16-8)13(17)18-2/h3-7H,1-2H3. The van der Waals surface area contributed by atoms with Crippen LogP contribution in [0.5, 0.6) is 0 Å². The lowest BCUT2D eigenvalue weighted by Gasteiger charge is -2.08. The van der Waals surface area contributed by atoms with E-state index in [2.05, 4.69) is 9.97 Å². The molecule has 0 atom stereocenters. The first-order valence-electron chi connectivity index (χ1n) is 5.28. The number of halogens is 1. The Bertz CT molecular complexity index is 599. The first-order valence-corrected chi connectivity index (χ1v) is 5.66. The highest BCUT2D eigenvalue weighted by atomic mass is 35.5. The number of methoxy groups -OCH3 is 1. The van der Waals surface area contributed by atoms with Crippen molar-refractivity contribution in [2.24, 2.45) is 0 Å². The average molecular weight is 263 g/mol. The van der Waals surface area contributed by atoms with Crippen molar-refractivity contribution in [1.29, 1.82) is 0 Å². The van der Waals surface area contributed by atoms with Gasteiger partial charge in [0, 0.05) is 18.1 Å². The van der Waals surface area contributed by atoms with Crippen LogP contribution in [-0.4, -0.2) is 23.0 Å². The van der Waals surface area contributed by atoms with Crippen molar-refractivity contribution in [1.82, 2.24) is 9.97 Å². The first kappa shape index (κ1) is 12.5. The molecular weight excluding hydrogens is 252 g/mol. The van der Waals surface area contributed by atoms with E-state index in [9.17, 15) is 4.79 Å². The molecule has 0 radical (unpaired) electrons. The average Bonchev–Trinajstić information content (AvgIpc) is 2.38. The summed E-state index contributed by atoms with van der Waals surface area (Å²) in [6.45, 7) is 1.85. The Morgan fingerprint density at radius 3 is 2.78 bits per heavy atom. The van der Waals surface area contributed by atoms with Crippen LogP contribution in [0, 0.1) is 6.92 Å². The van der Waals surface area contributed by atoms with E-state index in [-0.39, 0.29) is 0 Å². The number of esters is 1. The van der Waals surface area contributed by atoms with E-state index in [1.54, 1.807) is 18.3 Å². The van der Waals surface area contributed by atoms with Crippen LogP contribution < -0.4 is 0 Å². The first-order chi connectivity index (χ1) is 8.61. The van der Waals surface area contributed by atoms with E-state index in [0.29, 0.717) is 10.7 Å². The lowest BCUT2D eigenvalue weighted by molar-refractivity contribution is 0.0601. The number of carbonyl (C=O) groups excluding carboxylic acids is 1. The zero-order chi connectivity index (χ0) is 13.1. The van der Waals surface area contributed by atoms with Gasteiger partial charge in [0.05, 0.1) is 12.7 Å². The third-order valence-electron chi connectivity index (χ3n) is 2.48. The molecule has 2 aromatic rings. The second-order valence-electron chi connectivity index (χ2n) is 3.73. The van der Waals surface area contributed by atoms with Crippen LogP contribution in [0.15, 0.2) is 30.6 Å². The summed E-state index contributed by atoms with van der Waals surface area (Å²) >= 11 is 5.86. The summed E-state index contributed by atoms with van der Waals surface area (Å²) < 4.78 is 4.74. The Hall–Kier alpha value is -1.94. The number of aryl methyl sites for hydroxylation is 1. The lowest BCUT2D eigenvalue weighted by atomic mass is 10.0. The Balaban J connectivity index is 2.61. The van der Waals surface area contributed by atoms with Crippen LogP contribution in [0.3, 0.4) is 0 Å². The SMILES string of the molecule is COC(=O)c1cnc(C)cc1-c1ccnc(Cl)c1. The minimum Gasteiger partial charge on any atom is -0.465 e. The largest absolute Gasteiger partial charge is 0.465 e. The molecule has 0 aliphatic rings. The van der Waals surface area contributed by atoms with Gasteiger partial charge in [0.15, 0.2) is 0 Å². The Morgan fingerprint density at radius 2 is 2.11 bits per heavy atom. The van der Waals surface area contributed by atoms with Gasteiger partial charge in [0.1, 0.15) is 5.15 Å². The molecule has 2 heterocycles. The maximum Gasteiger partial charge on any atom is 0.340 e. The minimum atomic E-state index is -0.426. The van der Waals surface area contributed by atoms with Crippen molar-refractivity contribution in [2.45, 2.75) is 6.92 Å². The Kier molecular flexibility index (Phi) is 3.58. The van der Waals surface area contributed by atoms with Crippen LogP contribution in [0.25, 0.3) is 11.1 Å². The van der Waals surface area contributed by atoms with E-state index in [1.807, 2.05) is 13.0 Å². The summed E-state index contributed by atoms with van der Waals surface area (Å²) in [5.41, 5.74) is 2.76. The van der Waals surface area contributed by atoms with Crippen molar-refractivity contribution in [3.05, 3.63) is 47.0 Å². The summed E-state index contributed by atoms with van der Waals surface area (Å²) in [4.78, 5) is 19.7. The van der Waals surface area contributed by atoms with Crippen molar-refractivity contribution in [3.63, 3.8) is 0 Å². The van der Waals surface area contributed by atoms with Crippen molar-refractivity contribution < 1.29 is 9.53 Å². The topological polar surface area (TPSA) is 52.1 Å². The van der Waals surface area contributed by atoms with Gasteiger partial charge >= 0.3 is 5.97 Å². The smallest absolute Gasteiger partial charge is 0.340 e. The molecule has 0 fully saturated rings. The van der Waals surface area contributed by atoms with Crippen molar-refractivity contribution >= 4 is 17.6 Å². The van der Waals surface area contributed by atoms with Crippen LogP contribution >= 0.6 is 11.6 Å². The molecule has 0 aromatic carbocycles.